The number of aromatic nitrogens is 3. The fraction of sp³-hybridized carbons (Fsp3) is 0.640. The molecule has 1 N–H and O–H groups in total. The Bertz CT molecular complexity index is 972. The molecule has 4 rings (SSSR count). The van der Waals surface area contributed by atoms with Crippen LogP contribution in [0.25, 0.3) is 0 Å². The van der Waals surface area contributed by atoms with E-state index in [1.807, 2.05) is 26.7 Å². The van der Waals surface area contributed by atoms with Crippen molar-refractivity contribution in [1.82, 2.24) is 25.0 Å². The van der Waals surface area contributed by atoms with Gasteiger partial charge in [0.05, 0.1) is 11.0 Å². The van der Waals surface area contributed by atoms with Gasteiger partial charge in [-0.1, -0.05) is 13.8 Å². The van der Waals surface area contributed by atoms with E-state index >= 15 is 0 Å². The van der Waals surface area contributed by atoms with Crippen molar-refractivity contribution in [2.45, 2.75) is 58.3 Å². The quantitative estimate of drug-likeness (QED) is 0.568. The average Bonchev–Trinajstić information content (AvgIpc) is 3.52. The van der Waals surface area contributed by atoms with Gasteiger partial charge in [-0.15, -0.1) is 0 Å². The number of nitrogens with zero attached hydrogens (tertiary/aromatic N) is 5. The smallest absolute Gasteiger partial charge is 0.353 e. The maximum absolute atomic E-state index is 13.7. The number of hydrogen-bond donors (Lipinski definition) is 1. The van der Waals surface area contributed by atoms with Crippen LogP contribution in [0.1, 0.15) is 45.1 Å². The van der Waals surface area contributed by atoms with E-state index in [-0.39, 0.29) is 11.8 Å². The highest BCUT2D eigenvalue weighted by molar-refractivity contribution is 5.83. The van der Waals surface area contributed by atoms with Crippen molar-refractivity contribution in [2.75, 3.05) is 37.6 Å². The normalized spacial score (nSPS) is 23.3. The molecule has 3 heterocycles. The molecule has 0 aromatic carbocycles. The molecule has 2 aliphatic rings. The lowest BCUT2D eigenvalue weighted by Gasteiger charge is -2.42. The molecule has 1 aliphatic carbocycles. The third kappa shape index (κ3) is 5.79. The molecule has 2 aromatic heterocycles. The first kappa shape index (κ1) is 25.5. The standard InChI is InChI=1S/C25H35F3N6O/c1-19(2)24(7-5-21(18-24)29-8-3-11-34-12-4-9-31-34)23(35)33-15-13-32(14-16-33)22-17-20(6-10-30-22)25(26,27)28/h4,6,9-10,12,17,19,21,29H,3,5,7-8,11,13-16,18H2,1-2H3/t21-,24+/m0/s1. The summed E-state index contributed by atoms with van der Waals surface area (Å²) in [4.78, 5) is 21.6. The van der Waals surface area contributed by atoms with E-state index in [9.17, 15) is 18.0 Å². The molecule has 2 aromatic rings. The first-order valence-corrected chi connectivity index (χ1v) is 12.5. The van der Waals surface area contributed by atoms with Gasteiger partial charge in [0.1, 0.15) is 5.82 Å². The van der Waals surface area contributed by atoms with Gasteiger partial charge < -0.3 is 15.1 Å². The number of halogens is 3. The molecule has 7 nitrogen and oxygen atoms in total. The van der Waals surface area contributed by atoms with Crippen molar-refractivity contribution in [3.8, 4) is 0 Å². The minimum absolute atomic E-state index is 0.185. The van der Waals surface area contributed by atoms with Crippen LogP contribution in [-0.4, -0.2) is 64.3 Å². The second-order valence-corrected chi connectivity index (χ2v) is 10.0. The number of pyridine rings is 1. The Balaban J connectivity index is 1.31. The van der Waals surface area contributed by atoms with Gasteiger partial charge in [0.15, 0.2) is 0 Å². The molecular weight excluding hydrogens is 457 g/mol. The summed E-state index contributed by atoms with van der Waals surface area (Å²) in [7, 11) is 0. The average molecular weight is 493 g/mol. The monoisotopic (exact) mass is 492 g/mol. The van der Waals surface area contributed by atoms with Crippen molar-refractivity contribution in [3.63, 3.8) is 0 Å². The van der Waals surface area contributed by atoms with E-state index in [1.165, 1.54) is 6.20 Å². The molecule has 0 bridgehead atoms. The zero-order chi connectivity index (χ0) is 25.1. The van der Waals surface area contributed by atoms with Gasteiger partial charge in [0, 0.05) is 57.4 Å². The lowest BCUT2D eigenvalue weighted by Crippen LogP contribution is -2.54. The zero-order valence-electron chi connectivity index (χ0n) is 20.5. The summed E-state index contributed by atoms with van der Waals surface area (Å²) in [6.45, 7) is 7.94. The largest absolute Gasteiger partial charge is 0.416 e. The highest BCUT2D eigenvalue weighted by Crippen LogP contribution is 2.46. The van der Waals surface area contributed by atoms with Crippen LogP contribution in [0.5, 0.6) is 0 Å². The number of alkyl halides is 3. The summed E-state index contributed by atoms with van der Waals surface area (Å²) in [6.07, 6.45) is 4.17. The zero-order valence-corrected chi connectivity index (χ0v) is 20.5. The Hall–Kier alpha value is -2.62. The molecule has 35 heavy (non-hydrogen) atoms. The number of anilines is 1. The third-order valence-corrected chi connectivity index (χ3v) is 7.60. The fourth-order valence-electron chi connectivity index (χ4n) is 5.42. The number of rotatable bonds is 8. The van der Waals surface area contributed by atoms with Crippen LogP contribution >= 0.6 is 0 Å². The second kappa shape index (κ2) is 10.6. The van der Waals surface area contributed by atoms with Gasteiger partial charge in [0.2, 0.25) is 5.91 Å². The summed E-state index contributed by atoms with van der Waals surface area (Å²) in [6, 6.07) is 4.31. The highest BCUT2D eigenvalue weighted by Gasteiger charge is 2.49. The van der Waals surface area contributed by atoms with Crippen LogP contribution in [0.15, 0.2) is 36.8 Å². The van der Waals surface area contributed by atoms with Crippen LogP contribution in [0.4, 0.5) is 19.0 Å². The lowest BCUT2D eigenvalue weighted by atomic mass is 9.74. The van der Waals surface area contributed by atoms with E-state index in [4.69, 9.17) is 0 Å². The van der Waals surface area contributed by atoms with Crippen LogP contribution in [0.2, 0.25) is 0 Å². The fourth-order valence-corrected chi connectivity index (χ4v) is 5.42. The minimum atomic E-state index is -4.40. The number of hydrogen-bond acceptors (Lipinski definition) is 5. The Morgan fingerprint density at radius 1 is 1.23 bits per heavy atom. The van der Waals surface area contributed by atoms with Gasteiger partial charge in [-0.05, 0) is 56.3 Å². The van der Waals surface area contributed by atoms with Crippen LogP contribution in [-0.2, 0) is 17.5 Å². The topological polar surface area (TPSA) is 66.3 Å². The van der Waals surface area contributed by atoms with Gasteiger partial charge in [-0.3, -0.25) is 9.48 Å². The summed E-state index contributed by atoms with van der Waals surface area (Å²) in [5.74, 6) is 0.713. The number of nitrogens with one attached hydrogen (secondary N) is 1. The molecule has 2 fully saturated rings. The van der Waals surface area contributed by atoms with Crippen molar-refractivity contribution < 1.29 is 18.0 Å². The van der Waals surface area contributed by atoms with E-state index in [1.54, 1.807) is 6.20 Å². The molecule has 0 radical (unpaired) electrons. The molecule has 0 spiro atoms. The summed E-state index contributed by atoms with van der Waals surface area (Å²) >= 11 is 0. The second-order valence-electron chi connectivity index (χ2n) is 10.0. The molecular formula is C25H35F3N6O. The molecule has 0 unspecified atom stereocenters. The van der Waals surface area contributed by atoms with Crippen LogP contribution in [0, 0.1) is 11.3 Å². The van der Waals surface area contributed by atoms with Crippen LogP contribution in [0.3, 0.4) is 0 Å². The summed E-state index contributed by atoms with van der Waals surface area (Å²) < 4.78 is 41.2. The van der Waals surface area contributed by atoms with Crippen molar-refractivity contribution in [2.24, 2.45) is 11.3 Å². The van der Waals surface area contributed by atoms with Crippen LogP contribution < -0.4 is 10.2 Å². The van der Waals surface area contributed by atoms with E-state index in [0.717, 1.165) is 50.9 Å². The maximum atomic E-state index is 13.7. The Labute approximate surface area is 204 Å². The van der Waals surface area contributed by atoms with Crippen molar-refractivity contribution in [3.05, 3.63) is 42.4 Å². The molecule has 10 heteroatoms. The molecule has 1 saturated heterocycles. The summed E-state index contributed by atoms with van der Waals surface area (Å²) in [5.41, 5.74) is -1.09. The van der Waals surface area contributed by atoms with Gasteiger partial charge in [-0.2, -0.15) is 18.3 Å². The molecule has 1 amide bonds. The SMILES string of the molecule is CC(C)[C@@]1(C(=O)N2CCN(c3cc(C(F)(F)F)ccn3)CC2)CC[C@H](NCCCn2cccn2)C1. The third-order valence-electron chi connectivity index (χ3n) is 7.60. The number of carbonyl (C=O) groups is 1. The van der Waals surface area contributed by atoms with E-state index < -0.39 is 17.2 Å². The van der Waals surface area contributed by atoms with Gasteiger partial charge in [0.25, 0.3) is 0 Å². The van der Waals surface area contributed by atoms with Gasteiger partial charge in [-0.25, -0.2) is 4.98 Å². The number of amides is 1. The van der Waals surface area contributed by atoms with E-state index in [2.05, 4.69) is 29.2 Å². The maximum Gasteiger partial charge on any atom is 0.416 e. The number of carbonyl (C=O) groups excluding carboxylic acids is 1. The first-order valence-electron chi connectivity index (χ1n) is 12.5. The van der Waals surface area contributed by atoms with Crippen molar-refractivity contribution >= 4 is 11.7 Å². The number of aryl methyl sites for hydroxylation is 1. The van der Waals surface area contributed by atoms with Crippen molar-refractivity contribution in [1.29, 1.82) is 0 Å². The van der Waals surface area contributed by atoms with E-state index in [0.29, 0.717) is 38.0 Å². The summed E-state index contributed by atoms with van der Waals surface area (Å²) in [5, 5.41) is 7.87. The molecule has 192 valence electrons. The predicted molar refractivity (Wildman–Crippen MR) is 128 cm³/mol. The molecule has 1 aliphatic heterocycles. The predicted octanol–water partition coefficient (Wildman–Crippen LogP) is 3.82. The lowest BCUT2D eigenvalue weighted by molar-refractivity contribution is -0.145. The highest BCUT2D eigenvalue weighted by atomic mass is 19.4. The molecule has 1 saturated carbocycles. The number of piperazine rings is 1. The first-order chi connectivity index (χ1) is 16.7. The van der Waals surface area contributed by atoms with Gasteiger partial charge >= 0.3 is 6.18 Å². The Kier molecular flexibility index (Phi) is 7.68. The molecule has 2 atom stereocenters. The minimum Gasteiger partial charge on any atom is -0.353 e. The Morgan fingerprint density at radius 2 is 2.00 bits per heavy atom. The Morgan fingerprint density at radius 3 is 2.66 bits per heavy atom.